The van der Waals surface area contributed by atoms with Crippen molar-refractivity contribution in [2.45, 2.75) is 44.8 Å². The lowest BCUT2D eigenvalue weighted by atomic mass is 10.5. The molecule has 0 heterocycles. The zero-order chi connectivity index (χ0) is 21.7. The van der Waals surface area contributed by atoms with E-state index in [1.165, 1.54) is 0 Å². The molecule has 0 spiro atoms. The maximum atomic E-state index is 5.79. The Hall–Kier alpha value is 0.0738. The van der Waals surface area contributed by atoms with Crippen molar-refractivity contribution >= 4 is 17.4 Å². The topological polar surface area (TPSA) is 136 Å². The molecule has 0 fully saturated rings. The van der Waals surface area contributed by atoms with Gasteiger partial charge in [-0.2, -0.15) is 0 Å². The van der Waals surface area contributed by atoms with Gasteiger partial charge in [0.1, 0.15) is 0 Å². The van der Waals surface area contributed by atoms with Crippen molar-refractivity contribution in [3.05, 3.63) is 0 Å². The predicted octanol–water partition coefficient (Wildman–Crippen LogP) is 0.612. The predicted molar refractivity (Wildman–Crippen MR) is 119 cm³/mol. The third-order valence-electron chi connectivity index (χ3n) is 4.19. The minimum absolute atomic E-state index is 0.636. The highest BCUT2D eigenvalue weighted by Gasteiger charge is 2.37. The molecule has 0 bridgehead atoms. The number of hydrogen-bond donors (Lipinski definition) is 4. The van der Waals surface area contributed by atoms with Crippen LogP contribution in [-0.4, -0.2) is 84.6 Å². The van der Waals surface area contributed by atoms with Crippen molar-refractivity contribution in [2.24, 2.45) is 17.2 Å². The van der Waals surface area contributed by atoms with Gasteiger partial charge >= 0.3 is 17.4 Å². The Morgan fingerprint density at radius 1 is 0.679 bits per heavy atom. The van der Waals surface area contributed by atoms with Gasteiger partial charge in [0.2, 0.25) is 0 Å². The summed E-state index contributed by atoms with van der Waals surface area (Å²) in [7, 11) is 0.524. The lowest BCUT2D eigenvalue weighted by Crippen LogP contribution is -2.44. The number of rotatable bonds is 18. The second-order valence-electron chi connectivity index (χ2n) is 6.15. The van der Waals surface area contributed by atoms with Crippen LogP contribution in [0.3, 0.4) is 0 Å². The van der Waals surface area contributed by atoms with Crippen LogP contribution >= 0.6 is 0 Å². The second kappa shape index (κ2) is 20.4. The first-order valence-corrected chi connectivity index (χ1v) is 14.4. The number of nitrogens with one attached hydrogen (secondary N) is 1. The fraction of sp³-hybridized carbons (Fsp3) is 1.00. The largest absolute Gasteiger partial charge is 0.500 e. The smallest absolute Gasteiger partial charge is 0.394 e. The third kappa shape index (κ3) is 14.1. The van der Waals surface area contributed by atoms with Crippen molar-refractivity contribution in [1.82, 2.24) is 5.32 Å². The SMILES string of the molecule is CCO[Si](CCN)(CCCN)OCC.CO[Si](CCCNCCN)(OC)OC. The molecule has 9 nitrogen and oxygen atoms in total. The standard InChI is InChI=1S/C9H24N2O2Si.C8H22N2O3Si/c1-3-12-14(9-7-11,13-4-2)8-5-6-10;1-11-14(12-2,13-3)8-4-6-10-7-5-9/h3-11H2,1-2H3;10H,4-9H2,1-3H3. The van der Waals surface area contributed by atoms with Crippen LogP contribution in [0.4, 0.5) is 0 Å². The van der Waals surface area contributed by atoms with Crippen LogP contribution in [0.25, 0.3) is 0 Å². The fourth-order valence-electron chi connectivity index (χ4n) is 2.79. The Morgan fingerprint density at radius 3 is 1.64 bits per heavy atom. The summed E-state index contributed by atoms with van der Waals surface area (Å²) < 4.78 is 27.4. The molecule has 28 heavy (non-hydrogen) atoms. The summed E-state index contributed by atoms with van der Waals surface area (Å²) in [6.45, 7) is 9.17. The number of nitrogens with two attached hydrogens (primary N) is 3. The molecule has 0 aromatic rings. The number of hydrogen-bond acceptors (Lipinski definition) is 9. The summed E-state index contributed by atoms with van der Waals surface area (Å²) in [6, 6.07) is 2.66. The molecule has 0 aromatic heterocycles. The summed E-state index contributed by atoms with van der Waals surface area (Å²) >= 11 is 0. The van der Waals surface area contributed by atoms with Gasteiger partial charge in [-0.25, -0.2) is 0 Å². The Morgan fingerprint density at radius 2 is 1.25 bits per heavy atom. The van der Waals surface area contributed by atoms with Gasteiger partial charge in [-0.15, -0.1) is 0 Å². The Kier molecular flexibility index (Phi) is 22.0. The molecular formula is C17H46N4O5Si2. The molecule has 0 aromatic carbocycles. The molecule has 0 saturated carbocycles. The van der Waals surface area contributed by atoms with Gasteiger partial charge in [-0.3, -0.25) is 0 Å². The highest BCUT2D eigenvalue weighted by molar-refractivity contribution is 6.67. The van der Waals surface area contributed by atoms with Gasteiger partial charge in [0, 0.05) is 59.7 Å². The van der Waals surface area contributed by atoms with E-state index in [4.69, 9.17) is 39.3 Å². The van der Waals surface area contributed by atoms with Gasteiger partial charge in [0.05, 0.1) is 0 Å². The molecular weight excluding hydrogens is 396 g/mol. The van der Waals surface area contributed by atoms with Crippen LogP contribution in [0.5, 0.6) is 0 Å². The van der Waals surface area contributed by atoms with Crippen molar-refractivity contribution in [1.29, 1.82) is 0 Å². The van der Waals surface area contributed by atoms with Crippen molar-refractivity contribution in [2.75, 3.05) is 67.3 Å². The molecule has 0 amide bonds. The van der Waals surface area contributed by atoms with Crippen molar-refractivity contribution < 1.29 is 22.1 Å². The molecule has 0 atom stereocenters. The molecule has 172 valence electrons. The summed E-state index contributed by atoms with van der Waals surface area (Å²) in [5, 5.41) is 3.21. The van der Waals surface area contributed by atoms with Crippen LogP contribution in [0.15, 0.2) is 0 Å². The fourth-order valence-corrected chi connectivity index (χ4v) is 7.65. The summed E-state index contributed by atoms with van der Waals surface area (Å²) in [4.78, 5) is 0. The van der Waals surface area contributed by atoms with E-state index < -0.39 is 17.4 Å². The Bertz CT molecular complexity index is 305. The Labute approximate surface area is 174 Å². The zero-order valence-electron chi connectivity index (χ0n) is 18.8. The maximum absolute atomic E-state index is 5.79. The molecule has 0 aliphatic rings. The van der Waals surface area contributed by atoms with Crippen LogP contribution in [0, 0.1) is 0 Å². The molecule has 0 aliphatic carbocycles. The molecule has 0 radical (unpaired) electrons. The van der Waals surface area contributed by atoms with Gasteiger partial charge in [-0.1, -0.05) is 0 Å². The van der Waals surface area contributed by atoms with Crippen LogP contribution < -0.4 is 22.5 Å². The van der Waals surface area contributed by atoms with Gasteiger partial charge in [0.25, 0.3) is 0 Å². The zero-order valence-corrected chi connectivity index (χ0v) is 20.8. The van der Waals surface area contributed by atoms with Crippen molar-refractivity contribution in [3.8, 4) is 0 Å². The molecule has 11 heteroatoms. The van der Waals surface area contributed by atoms with Crippen molar-refractivity contribution in [3.63, 3.8) is 0 Å². The lowest BCUT2D eigenvalue weighted by molar-refractivity contribution is 0.123. The van der Waals surface area contributed by atoms with E-state index in [0.717, 1.165) is 44.1 Å². The lowest BCUT2D eigenvalue weighted by Gasteiger charge is -2.29. The second-order valence-corrected chi connectivity index (χ2v) is 12.6. The van der Waals surface area contributed by atoms with Crippen LogP contribution in [-0.2, 0) is 22.1 Å². The molecule has 0 rings (SSSR count). The highest BCUT2D eigenvalue weighted by atomic mass is 28.4. The molecule has 0 unspecified atom stereocenters. The average molecular weight is 443 g/mol. The first kappa shape index (κ1) is 30.3. The minimum atomic E-state index is -2.35. The normalized spacial score (nSPS) is 12.0. The van der Waals surface area contributed by atoms with Gasteiger partial charge in [-0.05, 0) is 52.4 Å². The summed E-state index contributed by atoms with van der Waals surface area (Å²) in [5.41, 5.74) is 16.4. The Balaban J connectivity index is 0. The average Bonchev–Trinajstić information content (AvgIpc) is 2.71. The first-order valence-electron chi connectivity index (χ1n) is 10.2. The van der Waals surface area contributed by atoms with Crippen LogP contribution in [0.2, 0.25) is 18.1 Å². The maximum Gasteiger partial charge on any atom is 0.500 e. The van der Waals surface area contributed by atoms with E-state index in [2.05, 4.69) is 5.32 Å². The van der Waals surface area contributed by atoms with E-state index in [1.54, 1.807) is 21.3 Å². The first-order chi connectivity index (χ1) is 13.5. The highest BCUT2D eigenvalue weighted by Crippen LogP contribution is 2.20. The molecule has 0 saturated heterocycles. The van der Waals surface area contributed by atoms with E-state index >= 15 is 0 Å². The minimum Gasteiger partial charge on any atom is -0.394 e. The van der Waals surface area contributed by atoms with Crippen LogP contribution in [0.1, 0.15) is 26.7 Å². The van der Waals surface area contributed by atoms with E-state index in [-0.39, 0.29) is 0 Å². The van der Waals surface area contributed by atoms with E-state index in [9.17, 15) is 0 Å². The summed E-state index contributed by atoms with van der Waals surface area (Å²) in [5.74, 6) is 0. The van der Waals surface area contributed by atoms with E-state index in [0.29, 0.717) is 32.8 Å². The monoisotopic (exact) mass is 442 g/mol. The quantitative estimate of drug-likeness (QED) is 0.178. The molecule has 7 N–H and O–H groups in total. The van der Waals surface area contributed by atoms with Gasteiger partial charge < -0.3 is 44.6 Å². The molecule has 0 aliphatic heterocycles. The summed E-state index contributed by atoms with van der Waals surface area (Å²) in [6.07, 6.45) is 1.94. The van der Waals surface area contributed by atoms with E-state index in [1.807, 2.05) is 13.8 Å². The third-order valence-corrected chi connectivity index (χ3v) is 10.8. The van der Waals surface area contributed by atoms with Gasteiger partial charge in [0.15, 0.2) is 0 Å².